The highest BCUT2D eigenvalue weighted by Crippen LogP contribution is 2.34. The number of fused-ring (bicyclic) bond motifs is 1. The van der Waals surface area contributed by atoms with E-state index in [0.29, 0.717) is 23.4 Å². The van der Waals surface area contributed by atoms with Crippen molar-refractivity contribution < 1.29 is 19.1 Å². The van der Waals surface area contributed by atoms with Crippen LogP contribution in [0.3, 0.4) is 0 Å². The van der Waals surface area contributed by atoms with Crippen molar-refractivity contribution in [1.82, 2.24) is 4.98 Å². The van der Waals surface area contributed by atoms with E-state index in [1.54, 1.807) is 31.4 Å². The molecule has 1 aliphatic rings. The first-order valence-corrected chi connectivity index (χ1v) is 6.95. The summed E-state index contributed by atoms with van der Waals surface area (Å²) in [5.41, 5.74) is 1.86. The number of esters is 1. The number of rotatable bonds is 3. The van der Waals surface area contributed by atoms with E-state index in [2.05, 4.69) is 4.98 Å². The number of aromatic nitrogens is 1. The van der Waals surface area contributed by atoms with Gasteiger partial charge < -0.3 is 14.3 Å². The van der Waals surface area contributed by atoms with Gasteiger partial charge in [0.1, 0.15) is 18.5 Å². The standard InChI is InChI=1S/C16H17NO4/c1-9(7-11-8-20-10(2)17-11)15-14(18)12-5-3-4-6-13(12)16(19)21-15/h3-6,8-9,14-15,18H,7H2,1-2H3/t9-,14-,15-/m0/s1. The predicted molar refractivity (Wildman–Crippen MR) is 74.7 cm³/mol. The Kier molecular flexibility index (Phi) is 3.51. The number of benzene rings is 1. The highest BCUT2D eigenvalue weighted by atomic mass is 16.6. The van der Waals surface area contributed by atoms with Gasteiger partial charge in [0, 0.05) is 12.8 Å². The van der Waals surface area contributed by atoms with Crippen LogP contribution in [0.5, 0.6) is 0 Å². The number of oxazole rings is 1. The summed E-state index contributed by atoms with van der Waals surface area (Å²) in [4.78, 5) is 16.3. The molecule has 0 spiro atoms. The second kappa shape index (κ2) is 5.33. The van der Waals surface area contributed by atoms with Gasteiger partial charge in [-0.25, -0.2) is 9.78 Å². The van der Waals surface area contributed by atoms with Crippen LogP contribution in [-0.4, -0.2) is 22.2 Å². The molecule has 1 aromatic heterocycles. The van der Waals surface area contributed by atoms with Gasteiger partial charge in [0.2, 0.25) is 0 Å². The molecule has 2 heterocycles. The number of hydrogen-bond acceptors (Lipinski definition) is 5. The quantitative estimate of drug-likeness (QED) is 0.878. The minimum absolute atomic E-state index is 0.0678. The van der Waals surface area contributed by atoms with Crippen LogP contribution in [0.2, 0.25) is 0 Å². The van der Waals surface area contributed by atoms with Gasteiger partial charge in [-0.1, -0.05) is 25.1 Å². The molecule has 1 aromatic carbocycles. The molecule has 3 rings (SSSR count). The van der Waals surface area contributed by atoms with E-state index in [1.165, 1.54) is 0 Å². The summed E-state index contributed by atoms with van der Waals surface area (Å²) in [7, 11) is 0. The van der Waals surface area contributed by atoms with E-state index in [4.69, 9.17) is 9.15 Å². The molecule has 3 atom stereocenters. The third-order valence-corrected chi connectivity index (χ3v) is 3.81. The Bertz CT molecular complexity index is 664. The number of nitrogens with zero attached hydrogens (tertiary/aromatic N) is 1. The number of hydrogen-bond donors (Lipinski definition) is 1. The van der Waals surface area contributed by atoms with Crippen molar-refractivity contribution in [3.05, 3.63) is 53.2 Å². The number of carbonyl (C=O) groups is 1. The smallest absolute Gasteiger partial charge is 0.338 e. The monoisotopic (exact) mass is 287 g/mol. The van der Waals surface area contributed by atoms with E-state index in [1.807, 2.05) is 13.0 Å². The van der Waals surface area contributed by atoms with Gasteiger partial charge >= 0.3 is 5.97 Å². The van der Waals surface area contributed by atoms with Crippen LogP contribution in [0.15, 0.2) is 34.9 Å². The van der Waals surface area contributed by atoms with Gasteiger partial charge in [0.05, 0.1) is 11.3 Å². The summed E-state index contributed by atoms with van der Waals surface area (Å²) in [6, 6.07) is 7.00. The molecule has 5 nitrogen and oxygen atoms in total. The molecule has 110 valence electrons. The van der Waals surface area contributed by atoms with Crippen molar-refractivity contribution in [2.45, 2.75) is 32.5 Å². The molecule has 1 N–H and O–H groups in total. The zero-order valence-electron chi connectivity index (χ0n) is 11.9. The SMILES string of the molecule is Cc1nc(C[C@H](C)[C@@H]2OC(=O)c3ccccc3[C@@H]2O)co1. The van der Waals surface area contributed by atoms with Crippen LogP contribution in [0.25, 0.3) is 0 Å². The summed E-state index contributed by atoms with van der Waals surface area (Å²) in [6.45, 7) is 3.71. The van der Waals surface area contributed by atoms with Gasteiger partial charge in [-0.15, -0.1) is 0 Å². The minimum atomic E-state index is -0.818. The Balaban J connectivity index is 1.82. The first-order chi connectivity index (χ1) is 10.1. The van der Waals surface area contributed by atoms with Crippen molar-refractivity contribution >= 4 is 5.97 Å². The molecule has 5 heteroatoms. The lowest BCUT2D eigenvalue weighted by Crippen LogP contribution is -2.37. The molecular weight excluding hydrogens is 270 g/mol. The fourth-order valence-corrected chi connectivity index (χ4v) is 2.74. The third kappa shape index (κ3) is 2.56. The maximum Gasteiger partial charge on any atom is 0.338 e. The summed E-state index contributed by atoms with van der Waals surface area (Å²) in [6.07, 6.45) is 0.775. The molecular formula is C16H17NO4. The highest BCUT2D eigenvalue weighted by Gasteiger charge is 2.37. The molecule has 1 aliphatic heterocycles. The molecule has 0 radical (unpaired) electrons. The Labute approximate surface area is 122 Å². The van der Waals surface area contributed by atoms with Gasteiger partial charge in [-0.3, -0.25) is 0 Å². The van der Waals surface area contributed by atoms with E-state index in [-0.39, 0.29) is 11.9 Å². The molecule has 0 unspecified atom stereocenters. The largest absolute Gasteiger partial charge is 0.455 e. The normalized spacial score (nSPS) is 22.5. The van der Waals surface area contributed by atoms with Gasteiger partial charge in [-0.05, 0) is 18.1 Å². The number of aliphatic hydroxyl groups is 1. The fourth-order valence-electron chi connectivity index (χ4n) is 2.74. The average molecular weight is 287 g/mol. The van der Waals surface area contributed by atoms with Crippen LogP contribution in [-0.2, 0) is 11.2 Å². The van der Waals surface area contributed by atoms with E-state index < -0.39 is 12.2 Å². The summed E-state index contributed by atoms with van der Waals surface area (Å²) in [5.74, 6) is 0.148. The number of aliphatic hydroxyl groups excluding tert-OH is 1. The second-order valence-electron chi connectivity index (χ2n) is 5.44. The molecule has 0 bridgehead atoms. The van der Waals surface area contributed by atoms with E-state index in [9.17, 15) is 9.90 Å². The minimum Gasteiger partial charge on any atom is -0.455 e. The average Bonchev–Trinajstić information content (AvgIpc) is 2.88. The summed E-state index contributed by atoms with van der Waals surface area (Å²) in [5, 5.41) is 10.5. The molecule has 0 amide bonds. The second-order valence-corrected chi connectivity index (χ2v) is 5.44. The first-order valence-electron chi connectivity index (χ1n) is 6.95. The highest BCUT2D eigenvalue weighted by molar-refractivity contribution is 5.92. The lowest BCUT2D eigenvalue weighted by molar-refractivity contribution is -0.0509. The lowest BCUT2D eigenvalue weighted by Gasteiger charge is -2.33. The topological polar surface area (TPSA) is 72.6 Å². The first kappa shape index (κ1) is 13.8. The van der Waals surface area contributed by atoms with Crippen LogP contribution < -0.4 is 0 Å². The van der Waals surface area contributed by atoms with Crippen molar-refractivity contribution in [1.29, 1.82) is 0 Å². The number of ether oxygens (including phenoxy) is 1. The zero-order valence-corrected chi connectivity index (χ0v) is 11.9. The van der Waals surface area contributed by atoms with Crippen LogP contribution >= 0.6 is 0 Å². The Morgan fingerprint density at radius 2 is 2.14 bits per heavy atom. The van der Waals surface area contributed by atoms with Crippen LogP contribution in [0.4, 0.5) is 0 Å². The summed E-state index contributed by atoms with van der Waals surface area (Å²) < 4.78 is 10.6. The van der Waals surface area contributed by atoms with Crippen molar-refractivity contribution in [2.24, 2.45) is 5.92 Å². The van der Waals surface area contributed by atoms with E-state index in [0.717, 1.165) is 5.69 Å². The Hall–Kier alpha value is -2.14. The molecule has 0 aliphatic carbocycles. The third-order valence-electron chi connectivity index (χ3n) is 3.81. The van der Waals surface area contributed by atoms with Gasteiger partial charge in [0.25, 0.3) is 0 Å². The number of carbonyl (C=O) groups excluding carboxylic acids is 1. The van der Waals surface area contributed by atoms with Crippen LogP contribution in [0.1, 0.15) is 40.5 Å². The lowest BCUT2D eigenvalue weighted by atomic mass is 9.87. The maximum absolute atomic E-state index is 12.0. The summed E-state index contributed by atoms with van der Waals surface area (Å²) >= 11 is 0. The predicted octanol–water partition coefficient (Wildman–Crippen LogP) is 2.43. The van der Waals surface area contributed by atoms with Crippen molar-refractivity contribution in [3.63, 3.8) is 0 Å². The Morgan fingerprint density at radius 3 is 2.86 bits per heavy atom. The van der Waals surface area contributed by atoms with Crippen LogP contribution in [0, 0.1) is 12.8 Å². The zero-order chi connectivity index (χ0) is 15.0. The Morgan fingerprint density at radius 1 is 1.38 bits per heavy atom. The van der Waals surface area contributed by atoms with Gasteiger partial charge in [-0.2, -0.15) is 0 Å². The van der Waals surface area contributed by atoms with Crippen molar-refractivity contribution in [3.8, 4) is 0 Å². The van der Waals surface area contributed by atoms with Crippen molar-refractivity contribution in [2.75, 3.05) is 0 Å². The molecule has 0 saturated heterocycles. The molecule has 0 saturated carbocycles. The van der Waals surface area contributed by atoms with E-state index >= 15 is 0 Å². The van der Waals surface area contributed by atoms with Gasteiger partial charge in [0.15, 0.2) is 5.89 Å². The molecule has 2 aromatic rings. The number of cyclic esters (lactones) is 1. The molecule has 0 fully saturated rings. The molecule has 21 heavy (non-hydrogen) atoms. The maximum atomic E-state index is 12.0. The fraction of sp³-hybridized carbons (Fsp3) is 0.375. The number of aryl methyl sites for hydroxylation is 1.